The Morgan fingerprint density at radius 1 is 1.03 bits per heavy atom. The SMILES string of the molecule is CC(C)(C)c1ccc(OCc2nnc(SCc3nnc(-c4ccccc4Cl)o3)n2N)cc1. The summed E-state index contributed by atoms with van der Waals surface area (Å²) < 4.78 is 12.9. The molecule has 10 heteroatoms. The molecule has 32 heavy (non-hydrogen) atoms. The Hall–Kier alpha value is -3.04. The van der Waals surface area contributed by atoms with Gasteiger partial charge in [0.05, 0.1) is 16.3 Å². The minimum Gasteiger partial charge on any atom is -0.486 e. The van der Waals surface area contributed by atoms with Gasteiger partial charge in [-0.2, -0.15) is 0 Å². The zero-order valence-electron chi connectivity index (χ0n) is 17.9. The number of nitrogens with zero attached hydrogens (tertiary/aromatic N) is 5. The lowest BCUT2D eigenvalue weighted by atomic mass is 9.87. The predicted octanol–water partition coefficient (Wildman–Crippen LogP) is 4.86. The van der Waals surface area contributed by atoms with Crippen LogP contribution in [0.15, 0.2) is 58.1 Å². The average molecular weight is 471 g/mol. The van der Waals surface area contributed by atoms with Crippen LogP contribution in [0.5, 0.6) is 5.75 Å². The third-order valence-corrected chi connectivity index (χ3v) is 5.98. The zero-order valence-corrected chi connectivity index (χ0v) is 19.5. The van der Waals surface area contributed by atoms with Crippen molar-refractivity contribution in [2.45, 2.75) is 43.7 Å². The Kier molecular flexibility index (Phi) is 6.38. The van der Waals surface area contributed by atoms with E-state index >= 15 is 0 Å². The van der Waals surface area contributed by atoms with Gasteiger partial charge in [-0.3, -0.25) is 0 Å². The summed E-state index contributed by atoms with van der Waals surface area (Å²) >= 11 is 7.52. The fourth-order valence-electron chi connectivity index (χ4n) is 2.88. The van der Waals surface area contributed by atoms with Gasteiger partial charge in [-0.25, -0.2) is 4.68 Å². The van der Waals surface area contributed by atoms with E-state index in [0.29, 0.717) is 39.1 Å². The van der Waals surface area contributed by atoms with E-state index in [1.165, 1.54) is 22.0 Å². The monoisotopic (exact) mass is 470 g/mol. The minimum atomic E-state index is 0.0918. The highest BCUT2D eigenvalue weighted by atomic mass is 35.5. The molecular formula is C22H23ClN6O2S. The number of ether oxygens (including phenoxy) is 1. The van der Waals surface area contributed by atoms with Gasteiger partial charge in [0.2, 0.25) is 16.9 Å². The van der Waals surface area contributed by atoms with Crippen molar-refractivity contribution < 1.29 is 9.15 Å². The molecule has 8 nitrogen and oxygen atoms in total. The molecule has 2 N–H and O–H groups in total. The largest absolute Gasteiger partial charge is 0.486 e. The van der Waals surface area contributed by atoms with Gasteiger partial charge >= 0.3 is 0 Å². The maximum atomic E-state index is 6.18. The van der Waals surface area contributed by atoms with Crippen LogP contribution in [0.3, 0.4) is 0 Å². The van der Waals surface area contributed by atoms with E-state index in [1.807, 2.05) is 30.3 Å². The second-order valence-electron chi connectivity index (χ2n) is 8.10. The molecule has 4 aromatic rings. The van der Waals surface area contributed by atoms with Crippen molar-refractivity contribution in [1.29, 1.82) is 0 Å². The molecule has 0 atom stereocenters. The lowest BCUT2D eigenvalue weighted by Crippen LogP contribution is -2.16. The Morgan fingerprint density at radius 3 is 2.50 bits per heavy atom. The number of halogens is 1. The van der Waals surface area contributed by atoms with Gasteiger partial charge in [-0.05, 0) is 35.2 Å². The number of nitrogen functional groups attached to an aromatic ring is 1. The molecule has 4 rings (SSSR count). The van der Waals surface area contributed by atoms with E-state index in [1.54, 1.807) is 6.07 Å². The van der Waals surface area contributed by atoms with Crippen molar-refractivity contribution in [3.63, 3.8) is 0 Å². The van der Waals surface area contributed by atoms with Crippen molar-refractivity contribution in [3.05, 3.63) is 70.8 Å². The Morgan fingerprint density at radius 2 is 1.78 bits per heavy atom. The molecule has 0 bridgehead atoms. The van der Waals surface area contributed by atoms with E-state index in [-0.39, 0.29) is 12.0 Å². The van der Waals surface area contributed by atoms with Gasteiger partial charge in [-0.15, -0.1) is 20.4 Å². The van der Waals surface area contributed by atoms with E-state index < -0.39 is 0 Å². The molecule has 0 spiro atoms. The Labute approximate surface area is 195 Å². The van der Waals surface area contributed by atoms with Gasteiger partial charge in [0, 0.05) is 0 Å². The second-order valence-corrected chi connectivity index (χ2v) is 9.45. The number of benzene rings is 2. The van der Waals surface area contributed by atoms with Crippen LogP contribution in [0.25, 0.3) is 11.5 Å². The van der Waals surface area contributed by atoms with E-state index in [9.17, 15) is 0 Å². The molecule has 0 radical (unpaired) electrons. The van der Waals surface area contributed by atoms with Crippen molar-refractivity contribution in [1.82, 2.24) is 25.1 Å². The van der Waals surface area contributed by atoms with Crippen molar-refractivity contribution in [2.24, 2.45) is 0 Å². The summed E-state index contributed by atoms with van der Waals surface area (Å²) in [5, 5.41) is 17.4. The van der Waals surface area contributed by atoms with Crippen LogP contribution in [-0.2, 0) is 17.8 Å². The number of thioether (sulfide) groups is 1. The van der Waals surface area contributed by atoms with Crippen molar-refractivity contribution in [3.8, 4) is 17.2 Å². The number of aromatic nitrogens is 5. The maximum Gasteiger partial charge on any atom is 0.249 e. The maximum absolute atomic E-state index is 6.18. The molecule has 0 unspecified atom stereocenters. The highest BCUT2D eigenvalue weighted by Gasteiger charge is 2.16. The summed E-state index contributed by atoms with van der Waals surface area (Å²) in [4.78, 5) is 0. The number of rotatable bonds is 7. The summed E-state index contributed by atoms with van der Waals surface area (Å²) in [6, 6.07) is 15.3. The highest BCUT2D eigenvalue weighted by Crippen LogP contribution is 2.28. The number of hydrogen-bond acceptors (Lipinski definition) is 8. The van der Waals surface area contributed by atoms with Gasteiger partial charge in [0.25, 0.3) is 0 Å². The molecule has 2 aromatic carbocycles. The normalized spacial score (nSPS) is 11.6. The Bertz CT molecular complexity index is 1200. The van der Waals surface area contributed by atoms with Crippen LogP contribution in [0, 0.1) is 0 Å². The van der Waals surface area contributed by atoms with Crippen LogP contribution in [0.2, 0.25) is 5.02 Å². The third-order valence-electron chi connectivity index (χ3n) is 4.72. The van der Waals surface area contributed by atoms with Gasteiger partial charge in [0.15, 0.2) is 5.82 Å². The Balaban J connectivity index is 1.35. The van der Waals surface area contributed by atoms with Crippen LogP contribution in [0.1, 0.15) is 38.0 Å². The van der Waals surface area contributed by atoms with E-state index in [4.69, 9.17) is 26.6 Å². The first-order chi connectivity index (χ1) is 15.3. The van der Waals surface area contributed by atoms with E-state index in [2.05, 4.69) is 53.3 Å². The first kappa shape index (κ1) is 22.2. The summed E-state index contributed by atoms with van der Waals surface area (Å²) in [6.07, 6.45) is 0. The molecule has 0 fully saturated rings. The lowest BCUT2D eigenvalue weighted by Gasteiger charge is -2.19. The summed E-state index contributed by atoms with van der Waals surface area (Å²) in [5.41, 5.74) is 2.02. The molecule has 0 saturated heterocycles. The summed E-state index contributed by atoms with van der Waals surface area (Å²) in [6.45, 7) is 6.72. The number of nitrogens with two attached hydrogens (primary N) is 1. The predicted molar refractivity (Wildman–Crippen MR) is 124 cm³/mol. The molecule has 2 heterocycles. The summed E-state index contributed by atoms with van der Waals surface area (Å²) in [5.74, 6) is 8.58. The molecule has 2 aromatic heterocycles. The lowest BCUT2D eigenvalue weighted by molar-refractivity contribution is 0.291. The smallest absolute Gasteiger partial charge is 0.249 e. The fraction of sp³-hybridized carbons (Fsp3) is 0.273. The molecule has 0 aliphatic carbocycles. The van der Waals surface area contributed by atoms with Crippen LogP contribution < -0.4 is 10.6 Å². The third kappa shape index (κ3) is 5.05. The standard InChI is InChI=1S/C22H23ClN6O2S/c1-22(2,3)14-8-10-15(11-9-14)30-12-18-25-28-21(29(18)24)32-13-19-26-27-20(31-19)16-6-4-5-7-17(16)23/h4-11H,12-13,24H2,1-3H3. The second kappa shape index (κ2) is 9.22. The van der Waals surface area contributed by atoms with Crippen LogP contribution in [-0.4, -0.2) is 25.1 Å². The van der Waals surface area contributed by atoms with Gasteiger partial charge in [-0.1, -0.05) is 68.4 Å². The van der Waals surface area contributed by atoms with E-state index in [0.717, 1.165) is 5.75 Å². The van der Waals surface area contributed by atoms with Gasteiger partial charge < -0.3 is 15.0 Å². The molecule has 0 aliphatic rings. The zero-order chi connectivity index (χ0) is 22.7. The van der Waals surface area contributed by atoms with Crippen molar-refractivity contribution >= 4 is 23.4 Å². The fourth-order valence-corrected chi connectivity index (χ4v) is 3.81. The molecule has 166 valence electrons. The van der Waals surface area contributed by atoms with Crippen molar-refractivity contribution in [2.75, 3.05) is 5.84 Å². The summed E-state index contributed by atoms with van der Waals surface area (Å²) in [7, 11) is 0. The van der Waals surface area contributed by atoms with Gasteiger partial charge in [0.1, 0.15) is 12.4 Å². The first-order valence-corrected chi connectivity index (χ1v) is 11.3. The molecule has 0 amide bonds. The minimum absolute atomic E-state index is 0.0918. The molecular weight excluding hydrogens is 448 g/mol. The molecule has 0 aliphatic heterocycles. The quantitative estimate of drug-likeness (QED) is 0.301. The topological polar surface area (TPSA) is 105 Å². The highest BCUT2D eigenvalue weighted by molar-refractivity contribution is 7.98. The first-order valence-electron chi connectivity index (χ1n) is 9.94. The number of hydrogen-bond donors (Lipinski definition) is 1. The van der Waals surface area contributed by atoms with Crippen LogP contribution in [0.4, 0.5) is 0 Å². The van der Waals surface area contributed by atoms with Crippen LogP contribution >= 0.6 is 23.4 Å². The average Bonchev–Trinajstić information content (AvgIpc) is 3.37. The molecule has 0 saturated carbocycles.